The number of halogens is 1. The Morgan fingerprint density at radius 3 is 2.44 bits per heavy atom. The van der Waals surface area contributed by atoms with Gasteiger partial charge >= 0.3 is 0 Å². The van der Waals surface area contributed by atoms with Gasteiger partial charge in [0.2, 0.25) is 0 Å². The van der Waals surface area contributed by atoms with Crippen LogP contribution in [-0.4, -0.2) is 14.0 Å². The maximum atomic E-state index is 14.0. The van der Waals surface area contributed by atoms with E-state index >= 15 is 0 Å². The van der Waals surface area contributed by atoms with Crippen molar-refractivity contribution in [1.29, 1.82) is 0 Å². The summed E-state index contributed by atoms with van der Waals surface area (Å²) in [4.78, 5) is 11.9. The van der Waals surface area contributed by atoms with Gasteiger partial charge in [-0.2, -0.15) is 0 Å². The van der Waals surface area contributed by atoms with Gasteiger partial charge in [0.1, 0.15) is 16.8 Å². The summed E-state index contributed by atoms with van der Waals surface area (Å²) in [5.74, 6) is -0.403. The highest BCUT2D eigenvalue weighted by atomic mass is 32.2. The summed E-state index contributed by atoms with van der Waals surface area (Å²) in [7, 11) is 0.412. The molecular weight excluding hydrogens is 341 g/mol. The Kier molecular flexibility index (Phi) is 6.36. The van der Waals surface area contributed by atoms with E-state index in [1.54, 1.807) is 32.3 Å². The molecule has 1 aliphatic carbocycles. The molecule has 0 radical (unpaired) electrons. The molecule has 1 saturated carbocycles. The second kappa shape index (κ2) is 8.29. The fourth-order valence-corrected chi connectivity index (χ4v) is 3.27. The molecule has 2 N–H and O–H groups in total. The topological polar surface area (TPSA) is 63.1 Å². The van der Waals surface area contributed by atoms with Crippen LogP contribution in [0.2, 0.25) is 0 Å². The standard InChI is InChI=1S/C16H18FN3O2S.C2H6/c1-10-3-6-13(12(17)7-10)18-14-8-16(21)20(2)9-15(14)19-23(22)11-4-5-11;1-2/h3,6-9,11,18-19H,4-5H2,1-2H3;1-2H3. The van der Waals surface area contributed by atoms with Crippen LogP contribution in [0.25, 0.3) is 0 Å². The molecule has 0 saturated heterocycles. The van der Waals surface area contributed by atoms with E-state index in [-0.39, 0.29) is 16.5 Å². The van der Waals surface area contributed by atoms with Crippen LogP contribution in [0, 0.1) is 12.7 Å². The first kappa shape index (κ1) is 19.2. The van der Waals surface area contributed by atoms with Gasteiger partial charge in [-0.25, -0.2) is 8.60 Å². The van der Waals surface area contributed by atoms with Gasteiger partial charge in [-0.1, -0.05) is 19.9 Å². The summed E-state index contributed by atoms with van der Waals surface area (Å²) < 4.78 is 30.4. The number of benzene rings is 1. The summed E-state index contributed by atoms with van der Waals surface area (Å²) in [6.07, 6.45) is 3.43. The van der Waals surface area contributed by atoms with E-state index < -0.39 is 16.8 Å². The van der Waals surface area contributed by atoms with Crippen LogP contribution in [0.4, 0.5) is 21.5 Å². The van der Waals surface area contributed by atoms with Crippen LogP contribution in [0.3, 0.4) is 0 Å². The zero-order chi connectivity index (χ0) is 18.6. The summed E-state index contributed by atoms with van der Waals surface area (Å²) >= 11 is 0. The van der Waals surface area contributed by atoms with Crippen molar-refractivity contribution >= 4 is 28.0 Å². The molecule has 5 nitrogen and oxygen atoms in total. The number of rotatable bonds is 5. The van der Waals surface area contributed by atoms with E-state index in [2.05, 4.69) is 10.0 Å². The van der Waals surface area contributed by atoms with Gasteiger partial charge in [-0.3, -0.25) is 4.79 Å². The minimum absolute atomic E-state index is 0.149. The number of hydrogen-bond donors (Lipinski definition) is 2. The first-order valence-electron chi connectivity index (χ1n) is 8.35. The Balaban J connectivity index is 0.00000109. The lowest BCUT2D eigenvalue weighted by Gasteiger charge is -2.15. The SMILES string of the molecule is CC.Cc1ccc(Nc2cc(=O)n(C)cc2NS(=O)C2CC2)c(F)c1. The van der Waals surface area contributed by atoms with Crippen LogP contribution in [0.5, 0.6) is 0 Å². The highest BCUT2D eigenvalue weighted by molar-refractivity contribution is 7.87. The van der Waals surface area contributed by atoms with Gasteiger partial charge in [0.25, 0.3) is 5.56 Å². The maximum absolute atomic E-state index is 14.0. The monoisotopic (exact) mass is 365 g/mol. The third-order valence-corrected chi connectivity index (χ3v) is 5.16. The smallest absolute Gasteiger partial charge is 0.252 e. The van der Waals surface area contributed by atoms with Gasteiger partial charge in [0, 0.05) is 19.3 Å². The molecule has 1 atom stereocenters. The molecule has 0 amide bonds. The second-order valence-corrected chi connectivity index (χ2v) is 7.22. The largest absolute Gasteiger partial charge is 0.351 e. The van der Waals surface area contributed by atoms with Crippen molar-refractivity contribution in [2.45, 2.75) is 38.9 Å². The molecule has 7 heteroatoms. The fourth-order valence-electron chi connectivity index (χ4n) is 2.16. The van der Waals surface area contributed by atoms with Crippen molar-refractivity contribution in [2.24, 2.45) is 7.05 Å². The molecule has 3 rings (SSSR count). The van der Waals surface area contributed by atoms with Crippen molar-refractivity contribution < 1.29 is 8.60 Å². The Morgan fingerprint density at radius 1 is 1.16 bits per heavy atom. The van der Waals surface area contributed by atoms with E-state index in [0.29, 0.717) is 11.4 Å². The maximum Gasteiger partial charge on any atom is 0.252 e. The minimum Gasteiger partial charge on any atom is -0.351 e. The molecule has 1 aromatic carbocycles. The van der Waals surface area contributed by atoms with Gasteiger partial charge in [0.15, 0.2) is 0 Å². The fraction of sp³-hybridized carbons (Fsp3) is 0.389. The molecule has 1 unspecified atom stereocenters. The number of nitrogens with one attached hydrogen (secondary N) is 2. The molecule has 1 fully saturated rings. The average Bonchev–Trinajstić information content (AvgIpc) is 3.41. The van der Waals surface area contributed by atoms with Crippen LogP contribution in [0.15, 0.2) is 35.3 Å². The highest BCUT2D eigenvalue weighted by Gasteiger charge is 2.29. The quantitative estimate of drug-likeness (QED) is 0.846. The van der Waals surface area contributed by atoms with E-state index in [0.717, 1.165) is 18.4 Å². The number of aromatic nitrogens is 1. The van der Waals surface area contributed by atoms with Crippen LogP contribution >= 0.6 is 0 Å². The molecule has 0 bridgehead atoms. The average molecular weight is 365 g/mol. The summed E-state index contributed by atoms with van der Waals surface area (Å²) in [5, 5.41) is 3.06. The van der Waals surface area contributed by atoms with E-state index in [4.69, 9.17) is 0 Å². The lowest BCUT2D eigenvalue weighted by Crippen LogP contribution is -2.19. The van der Waals surface area contributed by atoms with E-state index in [1.807, 2.05) is 13.8 Å². The zero-order valence-corrected chi connectivity index (χ0v) is 15.7. The number of hydrogen-bond acceptors (Lipinski definition) is 3. The number of aryl methyl sites for hydroxylation is 2. The highest BCUT2D eigenvalue weighted by Crippen LogP contribution is 2.30. The van der Waals surface area contributed by atoms with Crippen molar-refractivity contribution in [2.75, 3.05) is 10.0 Å². The Labute approximate surface area is 149 Å². The molecule has 25 heavy (non-hydrogen) atoms. The van der Waals surface area contributed by atoms with Crippen LogP contribution in [0.1, 0.15) is 32.3 Å². The van der Waals surface area contributed by atoms with Crippen LogP contribution in [-0.2, 0) is 18.0 Å². The Bertz CT molecular complexity index is 832. The zero-order valence-electron chi connectivity index (χ0n) is 14.9. The van der Waals surface area contributed by atoms with Gasteiger partial charge in [-0.15, -0.1) is 0 Å². The molecule has 136 valence electrons. The third-order valence-electron chi connectivity index (χ3n) is 3.66. The van der Waals surface area contributed by atoms with Crippen molar-refractivity contribution in [1.82, 2.24) is 4.57 Å². The molecule has 2 aromatic rings. The van der Waals surface area contributed by atoms with E-state index in [9.17, 15) is 13.4 Å². The lowest BCUT2D eigenvalue weighted by molar-refractivity contribution is 0.630. The molecule has 1 aromatic heterocycles. The first-order valence-corrected chi connectivity index (χ1v) is 9.56. The molecule has 0 spiro atoms. The molecule has 1 aliphatic rings. The summed E-state index contributed by atoms with van der Waals surface area (Å²) in [6.45, 7) is 5.80. The summed E-state index contributed by atoms with van der Waals surface area (Å²) in [5.41, 5.74) is 1.76. The number of nitrogens with zero attached hydrogens (tertiary/aromatic N) is 1. The van der Waals surface area contributed by atoms with Crippen molar-refractivity contribution in [3.63, 3.8) is 0 Å². The Hall–Kier alpha value is -2.15. The van der Waals surface area contributed by atoms with Gasteiger partial charge in [-0.05, 0) is 37.5 Å². The molecule has 1 heterocycles. The van der Waals surface area contributed by atoms with Gasteiger partial charge < -0.3 is 14.6 Å². The number of pyridine rings is 1. The first-order chi connectivity index (χ1) is 11.9. The second-order valence-electron chi connectivity index (χ2n) is 5.76. The Morgan fingerprint density at radius 2 is 1.84 bits per heavy atom. The van der Waals surface area contributed by atoms with E-state index in [1.165, 1.54) is 16.7 Å². The predicted octanol–water partition coefficient (Wildman–Crippen LogP) is 3.84. The normalized spacial score (nSPS) is 14.3. The minimum atomic E-state index is -1.20. The molecular formula is C18H24FN3O2S. The summed E-state index contributed by atoms with van der Waals surface area (Å²) in [6, 6.07) is 6.18. The number of anilines is 3. The van der Waals surface area contributed by atoms with Crippen LogP contribution < -0.4 is 15.6 Å². The van der Waals surface area contributed by atoms with Gasteiger partial charge in [0.05, 0.1) is 22.3 Å². The molecule has 0 aliphatic heterocycles. The van der Waals surface area contributed by atoms with Crippen molar-refractivity contribution in [3.8, 4) is 0 Å². The van der Waals surface area contributed by atoms with Crippen molar-refractivity contribution in [3.05, 3.63) is 52.2 Å². The predicted molar refractivity (Wildman–Crippen MR) is 102 cm³/mol. The third kappa shape index (κ3) is 4.92. The lowest BCUT2D eigenvalue weighted by atomic mass is 10.2.